The maximum absolute atomic E-state index is 5.68. The number of hydrogen-bond acceptors (Lipinski definition) is 1. The lowest BCUT2D eigenvalue weighted by Gasteiger charge is -2.06. The number of para-hydroxylation sites is 1. The molecule has 0 amide bonds. The molecule has 0 saturated carbocycles. The van der Waals surface area contributed by atoms with Crippen LogP contribution in [0.4, 0.5) is 0 Å². The summed E-state index contributed by atoms with van der Waals surface area (Å²) in [6, 6.07) is 17.7. The van der Waals surface area contributed by atoms with Gasteiger partial charge in [0.2, 0.25) is 0 Å². The van der Waals surface area contributed by atoms with Crippen molar-refractivity contribution in [3.8, 4) is 11.5 Å². The molecule has 80 valence electrons. The van der Waals surface area contributed by atoms with Crippen molar-refractivity contribution in [3.63, 3.8) is 0 Å². The predicted molar refractivity (Wildman–Crippen MR) is 67.7 cm³/mol. The molecule has 0 saturated heterocycles. The predicted octanol–water partition coefficient (Wildman–Crippen LogP) is 4.51. The van der Waals surface area contributed by atoms with E-state index in [4.69, 9.17) is 4.74 Å². The first-order chi connectivity index (χ1) is 7.75. The van der Waals surface area contributed by atoms with E-state index in [0.717, 1.165) is 22.6 Å². The highest BCUT2D eigenvalue weighted by Gasteiger charge is 1.97. The molecule has 0 heterocycles. The minimum atomic E-state index is 0.844. The number of ether oxygens (including phenoxy) is 1. The molecule has 2 aromatic carbocycles. The van der Waals surface area contributed by atoms with Crippen molar-refractivity contribution in [2.75, 3.05) is 0 Å². The van der Waals surface area contributed by atoms with Crippen molar-refractivity contribution < 1.29 is 4.74 Å². The van der Waals surface area contributed by atoms with E-state index in [2.05, 4.69) is 6.58 Å². The SMILES string of the molecule is C=C(C)c1ccc(Oc2ccccc2)cc1. The number of allylic oxidation sites excluding steroid dienone is 1. The zero-order chi connectivity index (χ0) is 11.4. The second kappa shape index (κ2) is 4.67. The van der Waals surface area contributed by atoms with E-state index in [1.165, 1.54) is 0 Å². The molecular weight excluding hydrogens is 196 g/mol. The first kappa shape index (κ1) is 10.5. The third-order valence-corrected chi connectivity index (χ3v) is 2.33. The van der Waals surface area contributed by atoms with Crippen molar-refractivity contribution in [1.29, 1.82) is 0 Å². The van der Waals surface area contributed by atoms with Gasteiger partial charge in [-0.25, -0.2) is 0 Å². The van der Waals surface area contributed by atoms with E-state index < -0.39 is 0 Å². The topological polar surface area (TPSA) is 9.23 Å². The van der Waals surface area contributed by atoms with Crippen LogP contribution >= 0.6 is 0 Å². The molecule has 16 heavy (non-hydrogen) atoms. The van der Waals surface area contributed by atoms with Gasteiger partial charge in [0.15, 0.2) is 0 Å². The summed E-state index contributed by atoms with van der Waals surface area (Å²) >= 11 is 0. The Balaban J connectivity index is 2.14. The number of rotatable bonds is 3. The normalized spacial score (nSPS) is 9.81. The van der Waals surface area contributed by atoms with Gasteiger partial charge in [-0.15, -0.1) is 0 Å². The largest absolute Gasteiger partial charge is 0.457 e. The van der Waals surface area contributed by atoms with Gasteiger partial charge < -0.3 is 4.74 Å². The smallest absolute Gasteiger partial charge is 0.127 e. The van der Waals surface area contributed by atoms with Crippen LogP contribution in [-0.4, -0.2) is 0 Å². The summed E-state index contributed by atoms with van der Waals surface area (Å²) in [6.45, 7) is 5.89. The zero-order valence-corrected chi connectivity index (χ0v) is 9.31. The number of benzene rings is 2. The molecule has 0 fully saturated rings. The zero-order valence-electron chi connectivity index (χ0n) is 9.31. The molecule has 0 aliphatic rings. The molecule has 0 aliphatic heterocycles. The molecule has 0 atom stereocenters. The Bertz CT molecular complexity index is 469. The summed E-state index contributed by atoms with van der Waals surface area (Å²) in [5.41, 5.74) is 2.20. The monoisotopic (exact) mass is 210 g/mol. The summed E-state index contributed by atoms with van der Waals surface area (Å²) in [4.78, 5) is 0. The minimum Gasteiger partial charge on any atom is -0.457 e. The van der Waals surface area contributed by atoms with Gasteiger partial charge in [-0.1, -0.05) is 42.5 Å². The molecule has 0 spiro atoms. The Morgan fingerprint density at radius 2 is 1.44 bits per heavy atom. The highest BCUT2D eigenvalue weighted by Crippen LogP contribution is 2.22. The average Bonchev–Trinajstić information content (AvgIpc) is 2.31. The Morgan fingerprint density at radius 3 is 2.00 bits per heavy atom. The van der Waals surface area contributed by atoms with Crippen LogP contribution in [0.15, 0.2) is 61.2 Å². The molecule has 0 aliphatic carbocycles. The second-order valence-corrected chi connectivity index (χ2v) is 3.72. The van der Waals surface area contributed by atoms with Crippen LogP contribution in [0.2, 0.25) is 0 Å². The highest BCUT2D eigenvalue weighted by molar-refractivity contribution is 5.61. The van der Waals surface area contributed by atoms with Gasteiger partial charge in [-0.05, 0) is 36.8 Å². The van der Waals surface area contributed by atoms with Crippen LogP contribution in [0, 0.1) is 0 Å². The highest BCUT2D eigenvalue weighted by atomic mass is 16.5. The molecular formula is C15H14O. The van der Waals surface area contributed by atoms with Gasteiger partial charge >= 0.3 is 0 Å². The van der Waals surface area contributed by atoms with Gasteiger partial charge in [-0.3, -0.25) is 0 Å². The molecule has 2 rings (SSSR count). The number of hydrogen-bond donors (Lipinski definition) is 0. The third kappa shape index (κ3) is 2.51. The summed E-state index contributed by atoms with van der Waals surface area (Å²) < 4.78 is 5.68. The summed E-state index contributed by atoms with van der Waals surface area (Å²) in [5, 5.41) is 0. The Labute approximate surface area is 96.0 Å². The lowest BCUT2D eigenvalue weighted by Crippen LogP contribution is -1.84. The van der Waals surface area contributed by atoms with Crippen molar-refractivity contribution >= 4 is 5.57 Å². The van der Waals surface area contributed by atoms with E-state index in [1.807, 2.05) is 61.5 Å². The second-order valence-electron chi connectivity index (χ2n) is 3.72. The van der Waals surface area contributed by atoms with Crippen LogP contribution in [0.1, 0.15) is 12.5 Å². The Morgan fingerprint density at radius 1 is 0.875 bits per heavy atom. The molecule has 0 unspecified atom stereocenters. The third-order valence-electron chi connectivity index (χ3n) is 2.33. The molecule has 1 heteroatoms. The van der Waals surface area contributed by atoms with Crippen molar-refractivity contribution in [2.24, 2.45) is 0 Å². The molecule has 1 nitrogen and oxygen atoms in total. The van der Waals surface area contributed by atoms with Crippen LogP contribution in [0.5, 0.6) is 11.5 Å². The van der Waals surface area contributed by atoms with E-state index in [0.29, 0.717) is 0 Å². The summed E-state index contributed by atoms with van der Waals surface area (Å²) in [7, 11) is 0. The van der Waals surface area contributed by atoms with Gasteiger partial charge in [0, 0.05) is 0 Å². The summed E-state index contributed by atoms with van der Waals surface area (Å²) in [6.07, 6.45) is 0. The maximum atomic E-state index is 5.68. The van der Waals surface area contributed by atoms with Crippen LogP contribution in [0.3, 0.4) is 0 Å². The maximum Gasteiger partial charge on any atom is 0.127 e. The van der Waals surface area contributed by atoms with E-state index >= 15 is 0 Å². The quantitative estimate of drug-likeness (QED) is 0.724. The van der Waals surface area contributed by atoms with E-state index in [1.54, 1.807) is 0 Å². The fourth-order valence-corrected chi connectivity index (χ4v) is 1.43. The Kier molecular flexibility index (Phi) is 3.06. The lowest BCUT2D eigenvalue weighted by atomic mass is 10.1. The fourth-order valence-electron chi connectivity index (χ4n) is 1.43. The first-order valence-electron chi connectivity index (χ1n) is 5.24. The average molecular weight is 210 g/mol. The van der Waals surface area contributed by atoms with Gasteiger partial charge in [-0.2, -0.15) is 0 Å². The van der Waals surface area contributed by atoms with E-state index in [-0.39, 0.29) is 0 Å². The van der Waals surface area contributed by atoms with Crippen molar-refractivity contribution in [2.45, 2.75) is 6.92 Å². The lowest BCUT2D eigenvalue weighted by molar-refractivity contribution is 0.482. The van der Waals surface area contributed by atoms with Crippen molar-refractivity contribution in [3.05, 3.63) is 66.7 Å². The van der Waals surface area contributed by atoms with Gasteiger partial charge in [0.25, 0.3) is 0 Å². The van der Waals surface area contributed by atoms with Gasteiger partial charge in [0.1, 0.15) is 11.5 Å². The standard InChI is InChI=1S/C15H14O/c1-12(2)13-8-10-15(11-9-13)16-14-6-4-3-5-7-14/h3-11H,1H2,2H3. The fraction of sp³-hybridized carbons (Fsp3) is 0.0667. The van der Waals surface area contributed by atoms with E-state index in [9.17, 15) is 0 Å². The Hall–Kier alpha value is -2.02. The molecule has 0 aromatic heterocycles. The molecule has 0 radical (unpaired) electrons. The van der Waals surface area contributed by atoms with Gasteiger partial charge in [0.05, 0.1) is 0 Å². The summed E-state index contributed by atoms with van der Waals surface area (Å²) in [5.74, 6) is 1.70. The van der Waals surface area contributed by atoms with Crippen LogP contribution in [0.25, 0.3) is 5.57 Å². The van der Waals surface area contributed by atoms with Crippen molar-refractivity contribution in [1.82, 2.24) is 0 Å². The molecule has 2 aromatic rings. The van der Waals surface area contributed by atoms with Crippen LogP contribution in [-0.2, 0) is 0 Å². The molecule has 0 bridgehead atoms. The molecule has 0 N–H and O–H groups in total. The van der Waals surface area contributed by atoms with Crippen LogP contribution < -0.4 is 4.74 Å². The minimum absolute atomic E-state index is 0.844. The first-order valence-corrected chi connectivity index (χ1v) is 5.24.